The second-order valence-corrected chi connectivity index (χ2v) is 7.08. The van der Waals surface area contributed by atoms with Gasteiger partial charge in [0.2, 0.25) is 0 Å². The lowest BCUT2D eigenvalue weighted by Crippen LogP contribution is -2.11. The molecule has 0 aliphatic rings. The van der Waals surface area contributed by atoms with Gasteiger partial charge in [0.15, 0.2) is 0 Å². The number of nitrogens with one attached hydrogen (secondary N) is 2. The Labute approximate surface area is 186 Å². The number of nitrogens with zero attached hydrogens (tertiary/aromatic N) is 3. The number of amides is 1. The second kappa shape index (κ2) is 10.2. The van der Waals surface area contributed by atoms with Crippen LogP contribution in [0.3, 0.4) is 0 Å². The summed E-state index contributed by atoms with van der Waals surface area (Å²) in [5.41, 5.74) is 4.12. The molecule has 0 bridgehead atoms. The molecule has 2 aromatic heterocycles. The summed E-state index contributed by atoms with van der Waals surface area (Å²) in [6.45, 7) is 0.760. The maximum atomic E-state index is 12.5. The molecule has 0 aliphatic heterocycles. The Morgan fingerprint density at radius 3 is 2.31 bits per heavy atom. The van der Waals surface area contributed by atoms with Crippen molar-refractivity contribution >= 4 is 17.4 Å². The summed E-state index contributed by atoms with van der Waals surface area (Å²) in [5.74, 6) is 1.28. The minimum atomic E-state index is -0.179. The molecule has 1 amide bonds. The Hall–Kier alpha value is -4.26. The van der Waals surface area contributed by atoms with Crippen LogP contribution in [0.15, 0.2) is 85.5 Å². The third-order valence-electron chi connectivity index (χ3n) is 4.91. The third-order valence-corrected chi connectivity index (χ3v) is 4.91. The van der Waals surface area contributed by atoms with Gasteiger partial charge in [-0.2, -0.15) is 0 Å². The maximum absolute atomic E-state index is 12.5. The average Bonchev–Trinajstić information content (AvgIpc) is 2.86. The van der Waals surface area contributed by atoms with Crippen molar-refractivity contribution in [3.8, 4) is 17.0 Å². The molecule has 7 nitrogen and oxygen atoms in total. The first-order valence-electron chi connectivity index (χ1n) is 10.2. The van der Waals surface area contributed by atoms with E-state index in [0.29, 0.717) is 11.3 Å². The number of aromatic nitrogens is 3. The summed E-state index contributed by atoms with van der Waals surface area (Å²) in [6, 6.07) is 18.5. The molecule has 0 radical (unpaired) electrons. The van der Waals surface area contributed by atoms with Gasteiger partial charge in [0.05, 0.1) is 25.2 Å². The van der Waals surface area contributed by atoms with Gasteiger partial charge in [-0.1, -0.05) is 12.1 Å². The van der Waals surface area contributed by atoms with E-state index in [2.05, 4.69) is 25.6 Å². The highest BCUT2D eigenvalue weighted by molar-refractivity contribution is 6.04. The number of carbonyl (C=O) groups is 1. The van der Waals surface area contributed by atoms with Crippen molar-refractivity contribution in [1.82, 2.24) is 15.0 Å². The van der Waals surface area contributed by atoms with Crippen molar-refractivity contribution < 1.29 is 9.53 Å². The number of rotatable bonds is 8. The van der Waals surface area contributed by atoms with Gasteiger partial charge in [-0.3, -0.25) is 14.8 Å². The summed E-state index contributed by atoms with van der Waals surface area (Å²) < 4.78 is 5.13. The van der Waals surface area contributed by atoms with Crippen LogP contribution < -0.4 is 15.4 Å². The summed E-state index contributed by atoms with van der Waals surface area (Å²) in [6.07, 6.45) is 7.90. The van der Waals surface area contributed by atoms with Gasteiger partial charge in [-0.05, 0) is 60.5 Å². The van der Waals surface area contributed by atoms with Gasteiger partial charge in [-0.15, -0.1) is 0 Å². The molecule has 32 heavy (non-hydrogen) atoms. The molecule has 0 saturated heterocycles. The average molecular weight is 425 g/mol. The Bertz CT molecular complexity index is 1150. The van der Waals surface area contributed by atoms with Crippen molar-refractivity contribution in [2.75, 3.05) is 24.3 Å². The zero-order valence-electron chi connectivity index (χ0n) is 17.7. The first kappa shape index (κ1) is 21.0. The number of hydrogen-bond acceptors (Lipinski definition) is 6. The predicted molar refractivity (Wildman–Crippen MR) is 125 cm³/mol. The Balaban J connectivity index is 1.33. The van der Waals surface area contributed by atoms with Crippen LogP contribution in [0.4, 0.5) is 11.5 Å². The minimum Gasteiger partial charge on any atom is -0.497 e. The molecule has 4 rings (SSSR count). The van der Waals surface area contributed by atoms with Crippen molar-refractivity contribution in [3.63, 3.8) is 0 Å². The van der Waals surface area contributed by atoms with E-state index < -0.39 is 0 Å². The SMILES string of the molecule is COc1ccc(NC(=O)c2ccc(-c3cnc(NCCc4ccncc4)cn3)cc2)cc1. The number of benzene rings is 2. The van der Waals surface area contributed by atoms with Crippen LogP contribution >= 0.6 is 0 Å². The molecule has 0 spiro atoms. The van der Waals surface area contributed by atoms with E-state index in [9.17, 15) is 4.79 Å². The number of anilines is 2. The molecular formula is C25H23N5O2. The molecule has 0 unspecified atom stereocenters. The fourth-order valence-corrected chi connectivity index (χ4v) is 3.12. The minimum absolute atomic E-state index is 0.179. The summed E-state index contributed by atoms with van der Waals surface area (Å²) in [4.78, 5) is 25.4. The normalized spacial score (nSPS) is 10.4. The fraction of sp³-hybridized carbons (Fsp3) is 0.120. The number of pyridine rings is 1. The number of methoxy groups -OCH3 is 1. The van der Waals surface area contributed by atoms with Gasteiger partial charge in [0, 0.05) is 35.8 Å². The van der Waals surface area contributed by atoms with E-state index in [4.69, 9.17) is 4.74 Å². The Morgan fingerprint density at radius 2 is 1.66 bits per heavy atom. The van der Waals surface area contributed by atoms with E-state index in [1.807, 2.05) is 24.3 Å². The smallest absolute Gasteiger partial charge is 0.255 e. The van der Waals surface area contributed by atoms with Crippen molar-refractivity contribution in [2.45, 2.75) is 6.42 Å². The van der Waals surface area contributed by atoms with Gasteiger partial charge < -0.3 is 15.4 Å². The van der Waals surface area contributed by atoms with E-state index >= 15 is 0 Å². The Kier molecular flexibility index (Phi) is 6.67. The standard InChI is InChI=1S/C25H23N5O2/c1-32-22-8-6-21(7-9-22)30-25(31)20-4-2-19(3-5-20)23-16-29-24(17-28-23)27-15-12-18-10-13-26-14-11-18/h2-11,13-14,16-17H,12,15H2,1H3,(H,27,29)(H,30,31). The quantitative estimate of drug-likeness (QED) is 0.433. The van der Waals surface area contributed by atoms with Crippen LogP contribution in [0.5, 0.6) is 5.75 Å². The van der Waals surface area contributed by atoms with E-state index in [0.717, 1.165) is 35.8 Å². The van der Waals surface area contributed by atoms with Crippen LogP contribution in [-0.2, 0) is 6.42 Å². The van der Waals surface area contributed by atoms with Crippen molar-refractivity contribution in [3.05, 3.63) is 96.6 Å². The van der Waals surface area contributed by atoms with Crippen LogP contribution in [0.25, 0.3) is 11.3 Å². The van der Waals surface area contributed by atoms with Gasteiger partial charge in [0.25, 0.3) is 5.91 Å². The largest absolute Gasteiger partial charge is 0.497 e. The maximum Gasteiger partial charge on any atom is 0.255 e. The fourth-order valence-electron chi connectivity index (χ4n) is 3.12. The molecular weight excluding hydrogens is 402 g/mol. The first-order chi connectivity index (χ1) is 15.7. The zero-order chi connectivity index (χ0) is 22.2. The molecule has 0 fully saturated rings. The molecule has 7 heteroatoms. The van der Waals surface area contributed by atoms with Crippen LogP contribution in [0, 0.1) is 0 Å². The lowest BCUT2D eigenvalue weighted by Gasteiger charge is -2.08. The molecule has 0 atom stereocenters. The van der Waals surface area contributed by atoms with Crippen LogP contribution in [0.1, 0.15) is 15.9 Å². The highest BCUT2D eigenvalue weighted by Gasteiger charge is 2.08. The molecule has 0 aliphatic carbocycles. The zero-order valence-corrected chi connectivity index (χ0v) is 17.7. The van der Waals surface area contributed by atoms with E-state index in [1.165, 1.54) is 5.56 Å². The van der Waals surface area contributed by atoms with Gasteiger partial charge >= 0.3 is 0 Å². The van der Waals surface area contributed by atoms with Gasteiger partial charge in [-0.25, -0.2) is 4.98 Å². The highest BCUT2D eigenvalue weighted by Crippen LogP contribution is 2.19. The third kappa shape index (κ3) is 5.46. The highest BCUT2D eigenvalue weighted by atomic mass is 16.5. The molecule has 4 aromatic rings. The first-order valence-corrected chi connectivity index (χ1v) is 10.2. The van der Waals surface area contributed by atoms with Crippen LogP contribution in [0.2, 0.25) is 0 Å². The lowest BCUT2D eigenvalue weighted by molar-refractivity contribution is 0.102. The summed E-state index contributed by atoms with van der Waals surface area (Å²) >= 11 is 0. The van der Waals surface area contributed by atoms with Crippen LogP contribution in [-0.4, -0.2) is 34.5 Å². The van der Waals surface area contributed by atoms with Gasteiger partial charge in [0.1, 0.15) is 11.6 Å². The molecule has 2 N–H and O–H groups in total. The molecule has 2 heterocycles. The number of hydrogen-bond donors (Lipinski definition) is 2. The van der Waals surface area contributed by atoms with E-state index in [1.54, 1.807) is 68.3 Å². The topological polar surface area (TPSA) is 89.0 Å². The summed E-state index contributed by atoms with van der Waals surface area (Å²) in [5, 5.41) is 6.14. The molecule has 2 aromatic carbocycles. The second-order valence-electron chi connectivity index (χ2n) is 7.08. The lowest BCUT2D eigenvalue weighted by atomic mass is 10.1. The monoisotopic (exact) mass is 425 g/mol. The number of ether oxygens (including phenoxy) is 1. The number of carbonyl (C=O) groups excluding carboxylic acids is 1. The van der Waals surface area contributed by atoms with E-state index in [-0.39, 0.29) is 5.91 Å². The van der Waals surface area contributed by atoms with Crippen molar-refractivity contribution in [1.29, 1.82) is 0 Å². The summed E-state index contributed by atoms with van der Waals surface area (Å²) in [7, 11) is 1.60. The molecule has 160 valence electrons. The Morgan fingerprint density at radius 1 is 0.906 bits per heavy atom. The predicted octanol–water partition coefficient (Wildman–Crippen LogP) is 4.45. The molecule has 0 saturated carbocycles. The van der Waals surface area contributed by atoms with Crippen molar-refractivity contribution in [2.24, 2.45) is 0 Å².